The second kappa shape index (κ2) is 8.42. The lowest BCUT2D eigenvalue weighted by atomic mass is 10.0. The zero-order chi connectivity index (χ0) is 18.5. The van der Waals surface area contributed by atoms with Crippen LogP contribution >= 0.6 is 0 Å². The molecule has 1 N–H and O–H groups in total. The smallest absolute Gasteiger partial charge is 0.289 e. The summed E-state index contributed by atoms with van der Waals surface area (Å²) in [5.74, 6) is -0.166. The number of ether oxygens (including phenoxy) is 1. The van der Waals surface area contributed by atoms with E-state index in [9.17, 15) is 9.18 Å². The largest absolute Gasteiger partial charge is 0.379 e. The van der Waals surface area contributed by atoms with E-state index in [1.54, 1.807) is 12.1 Å². The van der Waals surface area contributed by atoms with Gasteiger partial charge in [0.25, 0.3) is 5.91 Å². The number of rotatable bonds is 6. The Morgan fingerprint density at radius 1 is 1.31 bits per heavy atom. The van der Waals surface area contributed by atoms with Gasteiger partial charge in [-0.1, -0.05) is 31.1 Å². The lowest BCUT2D eigenvalue weighted by Gasteiger charge is -2.36. The molecule has 1 aliphatic heterocycles. The number of carbonyl (C=O) groups excluding carboxylic acids is 1. The van der Waals surface area contributed by atoms with Crippen LogP contribution in [0.4, 0.5) is 4.39 Å². The molecule has 0 bridgehead atoms. The summed E-state index contributed by atoms with van der Waals surface area (Å²) in [5, 5.41) is 6.80. The molecule has 2 aromatic rings. The van der Waals surface area contributed by atoms with E-state index in [1.807, 2.05) is 0 Å². The zero-order valence-electron chi connectivity index (χ0n) is 15.1. The van der Waals surface area contributed by atoms with Crippen molar-refractivity contribution in [3.05, 3.63) is 41.9 Å². The Morgan fingerprint density at radius 2 is 2.08 bits per heavy atom. The number of hydrogen-bond donors (Lipinski definition) is 1. The Labute approximate surface area is 152 Å². The maximum atomic E-state index is 13.3. The molecule has 1 saturated heterocycles. The maximum Gasteiger partial charge on any atom is 0.289 e. The second-order valence-electron chi connectivity index (χ2n) is 6.76. The first kappa shape index (κ1) is 18.5. The molecule has 26 heavy (non-hydrogen) atoms. The molecule has 0 aliphatic carbocycles. The number of carbonyl (C=O) groups is 1. The SMILES string of the molecule is CC(C)[C@@H](CNC(=O)c1cc(-c2cccc(F)c2)no1)N1CCOCC1. The number of benzene rings is 1. The monoisotopic (exact) mass is 361 g/mol. The van der Waals surface area contributed by atoms with E-state index < -0.39 is 0 Å². The summed E-state index contributed by atoms with van der Waals surface area (Å²) in [5.41, 5.74) is 1.00. The third-order valence-corrected chi connectivity index (χ3v) is 4.61. The average Bonchev–Trinajstić information content (AvgIpc) is 3.13. The van der Waals surface area contributed by atoms with Crippen LogP contribution in [0.25, 0.3) is 11.3 Å². The molecule has 0 spiro atoms. The van der Waals surface area contributed by atoms with Crippen LogP contribution in [0, 0.1) is 11.7 Å². The van der Waals surface area contributed by atoms with Gasteiger partial charge in [0.2, 0.25) is 5.76 Å². The predicted octanol–water partition coefficient (Wildman–Crippen LogP) is 2.57. The molecular formula is C19H24FN3O3. The highest BCUT2D eigenvalue weighted by molar-refractivity contribution is 5.92. The second-order valence-corrected chi connectivity index (χ2v) is 6.76. The van der Waals surface area contributed by atoms with Crippen LogP contribution in [0.3, 0.4) is 0 Å². The summed E-state index contributed by atoms with van der Waals surface area (Å²) in [4.78, 5) is 14.7. The third-order valence-electron chi connectivity index (χ3n) is 4.61. The molecule has 6 nitrogen and oxygen atoms in total. The number of halogens is 1. The molecule has 1 atom stereocenters. The summed E-state index contributed by atoms with van der Waals surface area (Å²) < 4.78 is 23.9. The number of morpholine rings is 1. The Kier molecular flexibility index (Phi) is 6.00. The lowest BCUT2D eigenvalue weighted by molar-refractivity contribution is 0.00664. The molecule has 1 aliphatic rings. The van der Waals surface area contributed by atoms with Crippen molar-refractivity contribution >= 4 is 5.91 Å². The minimum Gasteiger partial charge on any atom is -0.379 e. The first-order valence-electron chi connectivity index (χ1n) is 8.87. The van der Waals surface area contributed by atoms with E-state index >= 15 is 0 Å². The van der Waals surface area contributed by atoms with Crippen LogP contribution in [-0.2, 0) is 4.74 Å². The van der Waals surface area contributed by atoms with Gasteiger partial charge >= 0.3 is 0 Å². The van der Waals surface area contributed by atoms with Crippen molar-refractivity contribution in [3.63, 3.8) is 0 Å². The molecular weight excluding hydrogens is 337 g/mol. The third kappa shape index (κ3) is 4.47. The molecule has 7 heteroatoms. The highest BCUT2D eigenvalue weighted by Crippen LogP contribution is 2.20. The molecule has 1 aromatic carbocycles. The zero-order valence-corrected chi connectivity index (χ0v) is 15.1. The highest BCUT2D eigenvalue weighted by atomic mass is 19.1. The van der Waals surface area contributed by atoms with E-state index in [2.05, 4.69) is 29.2 Å². The summed E-state index contributed by atoms with van der Waals surface area (Å²) in [7, 11) is 0. The van der Waals surface area contributed by atoms with Crippen molar-refractivity contribution in [2.24, 2.45) is 5.92 Å². The first-order valence-corrected chi connectivity index (χ1v) is 8.87. The first-order chi connectivity index (χ1) is 12.5. The normalized spacial score (nSPS) is 16.6. The van der Waals surface area contributed by atoms with E-state index in [0.29, 0.717) is 23.7 Å². The molecule has 0 unspecified atom stereocenters. The van der Waals surface area contributed by atoms with Crippen molar-refractivity contribution in [2.45, 2.75) is 19.9 Å². The fraction of sp³-hybridized carbons (Fsp3) is 0.474. The highest BCUT2D eigenvalue weighted by Gasteiger charge is 2.25. The van der Waals surface area contributed by atoms with Gasteiger partial charge in [-0.25, -0.2) is 4.39 Å². The van der Waals surface area contributed by atoms with E-state index in [0.717, 1.165) is 26.3 Å². The molecule has 2 heterocycles. The van der Waals surface area contributed by atoms with Crippen molar-refractivity contribution in [1.29, 1.82) is 0 Å². The average molecular weight is 361 g/mol. The van der Waals surface area contributed by atoms with Gasteiger partial charge in [-0.3, -0.25) is 9.69 Å². The lowest BCUT2D eigenvalue weighted by Crippen LogP contribution is -2.51. The maximum absolute atomic E-state index is 13.3. The number of aromatic nitrogens is 1. The van der Waals surface area contributed by atoms with E-state index in [-0.39, 0.29) is 23.5 Å². The molecule has 1 fully saturated rings. The van der Waals surface area contributed by atoms with Gasteiger partial charge in [0.1, 0.15) is 11.5 Å². The van der Waals surface area contributed by atoms with Crippen LogP contribution in [0.2, 0.25) is 0 Å². The van der Waals surface area contributed by atoms with Gasteiger partial charge in [-0.15, -0.1) is 0 Å². The molecule has 1 amide bonds. The van der Waals surface area contributed by atoms with E-state index in [4.69, 9.17) is 9.26 Å². The number of nitrogens with zero attached hydrogens (tertiary/aromatic N) is 2. The number of amides is 1. The predicted molar refractivity (Wildman–Crippen MR) is 95.2 cm³/mol. The number of hydrogen-bond acceptors (Lipinski definition) is 5. The minimum absolute atomic E-state index is 0.119. The van der Waals surface area contributed by atoms with Crippen molar-refractivity contribution in [3.8, 4) is 11.3 Å². The molecule has 0 saturated carbocycles. The summed E-state index contributed by atoms with van der Waals surface area (Å²) in [6, 6.07) is 7.78. The Bertz CT molecular complexity index is 741. The molecule has 3 rings (SSSR count). The summed E-state index contributed by atoms with van der Waals surface area (Å²) >= 11 is 0. The van der Waals surface area contributed by atoms with Gasteiger partial charge in [0.05, 0.1) is 13.2 Å². The topological polar surface area (TPSA) is 67.6 Å². The summed E-state index contributed by atoms with van der Waals surface area (Å²) in [6.07, 6.45) is 0. The van der Waals surface area contributed by atoms with Gasteiger partial charge in [-0.05, 0) is 18.1 Å². The molecule has 1 aromatic heterocycles. The minimum atomic E-state index is -0.359. The fourth-order valence-electron chi connectivity index (χ4n) is 3.15. The van der Waals surface area contributed by atoms with Crippen molar-refractivity contribution < 1.29 is 18.4 Å². The van der Waals surface area contributed by atoms with Crippen molar-refractivity contribution in [1.82, 2.24) is 15.4 Å². The van der Waals surface area contributed by atoms with Gasteiger partial charge in [0, 0.05) is 37.3 Å². The van der Waals surface area contributed by atoms with Crippen LogP contribution in [0.15, 0.2) is 34.9 Å². The van der Waals surface area contributed by atoms with Gasteiger partial charge < -0.3 is 14.6 Å². The standard InChI is InChI=1S/C19H24FN3O3/c1-13(2)17(23-6-8-25-9-7-23)12-21-19(24)18-11-16(22-26-18)14-4-3-5-15(20)10-14/h3-5,10-11,13,17H,6-9,12H2,1-2H3,(H,21,24)/t17-/m1/s1. The van der Waals surface area contributed by atoms with E-state index in [1.165, 1.54) is 18.2 Å². The van der Waals surface area contributed by atoms with Crippen LogP contribution < -0.4 is 5.32 Å². The molecule has 0 radical (unpaired) electrons. The Morgan fingerprint density at radius 3 is 2.77 bits per heavy atom. The Hall–Kier alpha value is -2.25. The number of nitrogens with one attached hydrogen (secondary N) is 1. The van der Waals surface area contributed by atoms with Gasteiger partial charge in [0.15, 0.2) is 0 Å². The molecule has 140 valence electrons. The van der Waals surface area contributed by atoms with Crippen LogP contribution in [-0.4, -0.2) is 54.9 Å². The summed E-state index contributed by atoms with van der Waals surface area (Å²) in [6.45, 7) is 7.97. The Balaban J connectivity index is 1.62. The van der Waals surface area contributed by atoms with Gasteiger partial charge in [-0.2, -0.15) is 0 Å². The van der Waals surface area contributed by atoms with Crippen molar-refractivity contribution in [2.75, 3.05) is 32.8 Å². The van der Waals surface area contributed by atoms with Crippen LogP contribution in [0.5, 0.6) is 0 Å². The van der Waals surface area contributed by atoms with Crippen LogP contribution in [0.1, 0.15) is 24.4 Å². The fourth-order valence-corrected chi connectivity index (χ4v) is 3.15. The quantitative estimate of drug-likeness (QED) is 0.857.